The first kappa shape index (κ1) is 23.7. The lowest BCUT2D eigenvalue weighted by Gasteiger charge is -2.17. The molecule has 5 N–H and O–H groups in total. The Morgan fingerprint density at radius 2 is 2.09 bits per heavy atom. The van der Waals surface area contributed by atoms with E-state index in [9.17, 15) is 4.39 Å². The van der Waals surface area contributed by atoms with Crippen LogP contribution in [0.1, 0.15) is 38.5 Å². The van der Waals surface area contributed by atoms with Gasteiger partial charge >= 0.3 is 0 Å². The zero-order valence-corrected chi connectivity index (χ0v) is 18.9. The average molecular weight is 448 g/mol. The van der Waals surface area contributed by atoms with Crippen molar-refractivity contribution in [2.45, 2.75) is 44.7 Å². The molecule has 0 amide bonds. The van der Waals surface area contributed by atoms with Gasteiger partial charge < -0.3 is 30.6 Å². The molecule has 0 saturated carbocycles. The second kappa shape index (κ2) is 11.6. The van der Waals surface area contributed by atoms with Crippen molar-refractivity contribution in [3.05, 3.63) is 18.2 Å². The van der Waals surface area contributed by atoms with Crippen LogP contribution in [0.4, 0.5) is 16.2 Å². The Kier molecular flexibility index (Phi) is 8.60. The summed E-state index contributed by atoms with van der Waals surface area (Å²) in [6.07, 6.45) is 8.50. The summed E-state index contributed by atoms with van der Waals surface area (Å²) in [5.74, 6) is 0.858. The van der Waals surface area contributed by atoms with Crippen molar-refractivity contribution in [3.63, 3.8) is 0 Å². The van der Waals surface area contributed by atoms with Gasteiger partial charge in [-0.15, -0.1) is 0 Å². The Morgan fingerprint density at radius 1 is 1.31 bits per heavy atom. The van der Waals surface area contributed by atoms with E-state index in [-0.39, 0.29) is 12.4 Å². The maximum absolute atomic E-state index is 13.7. The Balaban J connectivity index is 1.73. The van der Waals surface area contributed by atoms with Crippen LogP contribution in [-0.4, -0.2) is 64.9 Å². The van der Waals surface area contributed by atoms with E-state index in [1.807, 2.05) is 11.9 Å². The molecule has 2 aromatic rings. The Labute approximate surface area is 187 Å². The van der Waals surface area contributed by atoms with Crippen molar-refractivity contribution < 1.29 is 9.13 Å². The molecule has 3 rings (SSSR count). The normalized spacial score (nSPS) is 16.6. The summed E-state index contributed by atoms with van der Waals surface area (Å²) in [5, 5.41) is 14.6. The van der Waals surface area contributed by atoms with Crippen LogP contribution in [0.5, 0.6) is 0 Å². The zero-order chi connectivity index (χ0) is 22.9. The minimum atomic E-state index is -0.881. The zero-order valence-electron chi connectivity index (χ0n) is 18.9. The van der Waals surface area contributed by atoms with Crippen molar-refractivity contribution in [1.82, 2.24) is 24.8 Å². The molecule has 0 spiro atoms. The summed E-state index contributed by atoms with van der Waals surface area (Å²) >= 11 is 0. The molecule has 1 fully saturated rings. The molecular formula is C21H34FN9O. The molecule has 1 aliphatic rings. The monoisotopic (exact) mass is 447 g/mol. The number of halogens is 1. The Morgan fingerprint density at radius 3 is 2.81 bits per heavy atom. The van der Waals surface area contributed by atoms with Gasteiger partial charge in [-0.05, 0) is 25.8 Å². The highest BCUT2D eigenvalue weighted by Gasteiger charge is 2.26. The third kappa shape index (κ3) is 6.06. The summed E-state index contributed by atoms with van der Waals surface area (Å²) in [6, 6.07) is 0. The van der Waals surface area contributed by atoms with Gasteiger partial charge in [-0.3, -0.25) is 5.41 Å². The van der Waals surface area contributed by atoms with Gasteiger partial charge in [0.15, 0.2) is 17.0 Å². The third-order valence-electron chi connectivity index (χ3n) is 5.43. The van der Waals surface area contributed by atoms with E-state index in [2.05, 4.69) is 25.6 Å². The van der Waals surface area contributed by atoms with Crippen LogP contribution in [0, 0.1) is 5.41 Å². The van der Waals surface area contributed by atoms with E-state index in [1.54, 1.807) is 17.1 Å². The van der Waals surface area contributed by atoms with Gasteiger partial charge in [0, 0.05) is 26.3 Å². The number of unbranched alkanes of at least 4 members (excludes halogenated alkanes) is 4. The molecule has 0 aliphatic carbocycles. The summed E-state index contributed by atoms with van der Waals surface area (Å²) < 4.78 is 20.7. The molecule has 0 aromatic carbocycles. The SMILES string of the molecule is COC(=N)/C(=C\NCCCCCCCN)Nc1nc(N2CC[C@H](F)C2)nc2c1ncn2C. The highest BCUT2D eigenvalue weighted by atomic mass is 19.1. The van der Waals surface area contributed by atoms with Crippen molar-refractivity contribution in [2.24, 2.45) is 12.8 Å². The maximum atomic E-state index is 13.7. The smallest absolute Gasteiger partial charge is 0.231 e. The van der Waals surface area contributed by atoms with Crippen LogP contribution in [0.2, 0.25) is 0 Å². The fourth-order valence-electron chi connectivity index (χ4n) is 3.60. The van der Waals surface area contributed by atoms with Crippen LogP contribution < -0.4 is 21.3 Å². The third-order valence-corrected chi connectivity index (χ3v) is 5.43. The van der Waals surface area contributed by atoms with Crippen molar-refractivity contribution >= 4 is 28.8 Å². The van der Waals surface area contributed by atoms with E-state index in [0.29, 0.717) is 41.6 Å². The number of nitrogens with two attached hydrogens (primary N) is 1. The van der Waals surface area contributed by atoms with Gasteiger partial charge in [-0.2, -0.15) is 9.97 Å². The number of aromatic nitrogens is 4. The summed E-state index contributed by atoms with van der Waals surface area (Å²) in [4.78, 5) is 15.4. The topological polar surface area (TPSA) is 130 Å². The molecule has 0 radical (unpaired) electrons. The quantitative estimate of drug-likeness (QED) is 0.221. The van der Waals surface area contributed by atoms with Crippen molar-refractivity contribution in [3.8, 4) is 0 Å². The van der Waals surface area contributed by atoms with Gasteiger partial charge in [0.2, 0.25) is 11.8 Å². The van der Waals surface area contributed by atoms with Crippen LogP contribution in [0.25, 0.3) is 11.2 Å². The number of ether oxygens (including phenoxy) is 1. The molecule has 1 atom stereocenters. The van der Waals surface area contributed by atoms with Gasteiger partial charge in [0.25, 0.3) is 0 Å². The number of anilines is 2. The van der Waals surface area contributed by atoms with Crippen LogP contribution in [0.15, 0.2) is 18.2 Å². The first-order valence-corrected chi connectivity index (χ1v) is 11.1. The van der Waals surface area contributed by atoms with E-state index in [4.69, 9.17) is 15.9 Å². The molecule has 3 heterocycles. The maximum Gasteiger partial charge on any atom is 0.231 e. The number of rotatable bonds is 12. The molecule has 11 heteroatoms. The Hall–Kier alpha value is -2.95. The number of imidazole rings is 1. The number of aryl methyl sites for hydroxylation is 1. The minimum Gasteiger partial charge on any atom is -0.480 e. The van der Waals surface area contributed by atoms with Crippen molar-refractivity contribution in [1.29, 1.82) is 5.41 Å². The lowest BCUT2D eigenvalue weighted by Crippen LogP contribution is -2.24. The molecule has 10 nitrogen and oxygen atoms in total. The van der Waals surface area contributed by atoms with Gasteiger partial charge in [0.1, 0.15) is 11.9 Å². The van der Waals surface area contributed by atoms with Gasteiger partial charge in [-0.1, -0.05) is 19.3 Å². The first-order valence-electron chi connectivity index (χ1n) is 11.1. The predicted molar refractivity (Wildman–Crippen MR) is 125 cm³/mol. The van der Waals surface area contributed by atoms with E-state index in [1.165, 1.54) is 13.5 Å². The van der Waals surface area contributed by atoms with Crippen LogP contribution in [0.3, 0.4) is 0 Å². The average Bonchev–Trinajstić information content (AvgIpc) is 3.40. The van der Waals surface area contributed by atoms with Gasteiger partial charge in [-0.25, -0.2) is 9.37 Å². The number of nitrogens with zero attached hydrogens (tertiary/aromatic N) is 5. The van der Waals surface area contributed by atoms with E-state index < -0.39 is 6.17 Å². The molecule has 1 aliphatic heterocycles. The molecule has 176 valence electrons. The Bertz CT molecular complexity index is 929. The first-order chi connectivity index (χ1) is 15.5. The summed E-state index contributed by atoms with van der Waals surface area (Å²) in [6.45, 7) is 2.36. The summed E-state index contributed by atoms with van der Waals surface area (Å²) in [5.41, 5.74) is 7.15. The van der Waals surface area contributed by atoms with E-state index in [0.717, 1.165) is 38.8 Å². The number of nitrogens with one attached hydrogen (secondary N) is 3. The highest BCUT2D eigenvalue weighted by molar-refractivity contribution is 5.96. The largest absolute Gasteiger partial charge is 0.480 e. The predicted octanol–water partition coefficient (Wildman–Crippen LogP) is 2.29. The molecule has 0 bridgehead atoms. The fourth-order valence-corrected chi connectivity index (χ4v) is 3.60. The molecule has 2 aromatic heterocycles. The second-order valence-electron chi connectivity index (χ2n) is 7.96. The van der Waals surface area contributed by atoms with E-state index >= 15 is 0 Å². The lowest BCUT2D eigenvalue weighted by atomic mass is 10.1. The van der Waals surface area contributed by atoms with Gasteiger partial charge in [0.05, 0.1) is 20.0 Å². The molecule has 32 heavy (non-hydrogen) atoms. The number of alkyl halides is 1. The molecule has 0 unspecified atom stereocenters. The van der Waals surface area contributed by atoms with Crippen LogP contribution in [-0.2, 0) is 11.8 Å². The second-order valence-corrected chi connectivity index (χ2v) is 7.96. The number of hydrogen-bond donors (Lipinski definition) is 4. The van der Waals surface area contributed by atoms with Crippen molar-refractivity contribution in [2.75, 3.05) is 43.5 Å². The number of hydrogen-bond acceptors (Lipinski definition) is 9. The molecule has 1 saturated heterocycles. The highest BCUT2D eigenvalue weighted by Crippen LogP contribution is 2.26. The minimum absolute atomic E-state index is 0.0327. The lowest BCUT2D eigenvalue weighted by molar-refractivity contribution is 0.364. The standard InChI is InChI=1S/C21H34FN9O/c1-30-14-26-17-19(28-21(29-20(17)30)31-11-8-15(22)13-31)27-16(18(24)32-2)12-25-10-7-5-3-4-6-9-23/h12,14-15,24-25H,3-11,13,23H2,1-2H3,(H,27,28,29)/b16-12+,24-18?/t15-/m0/s1. The molecular weight excluding hydrogens is 413 g/mol. The fraction of sp³-hybridized carbons (Fsp3) is 0.619. The summed E-state index contributed by atoms with van der Waals surface area (Å²) in [7, 11) is 3.30. The van der Waals surface area contributed by atoms with Crippen LogP contribution >= 0.6 is 0 Å². The number of methoxy groups -OCH3 is 1. The number of fused-ring (bicyclic) bond motifs is 1.